The van der Waals surface area contributed by atoms with Crippen LogP contribution in [0.15, 0.2) is 53.4 Å². The van der Waals surface area contributed by atoms with E-state index in [-0.39, 0.29) is 16.8 Å². The summed E-state index contributed by atoms with van der Waals surface area (Å²) in [6.45, 7) is 1.99. The van der Waals surface area contributed by atoms with Gasteiger partial charge in [0, 0.05) is 6.26 Å². The number of sulfone groups is 1. The summed E-state index contributed by atoms with van der Waals surface area (Å²) in [5.74, 6) is -0.287. The van der Waals surface area contributed by atoms with E-state index in [0.717, 1.165) is 12.0 Å². The molecule has 5 heteroatoms. The first kappa shape index (κ1) is 15.5. The van der Waals surface area contributed by atoms with Crippen LogP contribution in [0.3, 0.4) is 0 Å². The fraction of sp³-hybridized carbons (Fsp3) is 0.250. The summed E-state index contributed by atoms with van der Waals surface area (Å²) in [6.07, 6.45) is 1.94. The Bertz CT molecular complexity index is 711. The van der Waals surface area contributed by atoms with Crippen molar-refractivity contribution in [3.05, 3.63) is 59.9 Å². The molecule has 0 spiro atoms. The van der Waals surface area contributed by atoms with E-state index >= 15 is 0 Å². The van der Waals surface area contributed by atoms with Crippen molar-refractivity contribution in [3.63, 3.8) is 0 Å². The highest BCUT2D eigenvalue weighted by molar-refractivity contribution is 7.90. The number of halogens is 1. The molecule has 1 unspecified atom stereocenters. The van der Waals surface area contributed by atoms with Crippen molar-refractivity contribution in [2.45, 2.75) is 24.3 Å². The smallest absolute Gasteiger partial charge is 0.177 e. The molecule has 0 radical (unpaired) electrons. The topological polar surface area (TPSA) is 46.2 Å². The second-order valence-corrected chi connectivity index (χ2v) is 6.91. The Morgan fingerprint density at radius 1 is 1.10 bits per heavy atom. The van der Waals surface area contributed by atoms with E-state index < -0.39 is 9.84 Å². The van der Waals surface area contributed by atoms with Crippen LogP contribution in [-0.4, -0.2) is 14.7 Å². The highest BCUT2D eigenvalue weighted by Gasteiger charge is 2.16. The molecule has 0 amide bonds. The van der Waals surface area contributed by atoms with E-state index in [1.807, 2.05) is 6.92 Å². The molecule has 112 valence electrons. The highest BCUT2D eigenvalue weighted by atomic mass is 32.2. The van der Waals surface area contributed by atoms with Crippen LogP contribution < -0.4 is 5.32 Å². The molecule has 0 saturated carbocycles. The van der Waals surface area contributed by atoms with Gasteiger partial charge in [-0.05, 0) is 36.2 Å². The average Bonchev–Trinajstić information content (AvgIpc) is 2.45. The summed E-state index contributed by atoms with van der Waals surface area (Å²) in [4.78, 5) is 0.269. The Morgan fingerprint density at radius 2 is 1.71 bits per heavy atom. The van der Waals surface area contributed by atoms with Crippen LogP contribution in [-0.2, 0) is 9.84 Å². The first-order chi connectivity index (χ1) is 9.91. The molecule has 0 aliphatic carbocycles. The molecule has 3 nitrogen and oxygen atoms in total. The molecule has 21 heavy (non-hydrogen) atoms. The summed E-state index contributed by atoms with van der Waals surface area (Å²) in [5.41, 5.74) is 1.48. The zero-order chi connectivity index (χ0) is 15.5. The lowest BCUT2D eigenvalue weighted by Crippen LogP contribution is -2.12. The van der Waals surface area contributed by atoms with Gasteiger partial charge in [-0.1, -0.05) is 31.2 Å². The summed E-state index contributed by atoms with van der Waals surface area (Å²) in [7, 11) is -3.30. The van der Waals surface area contributed by atoms with Crippen molar-refractivity contribution < 1.29 is 12.8 Å². The molecule has 2 aromatic carbocycles. The maximum Gasteiger partial charge on any atom is 0.177 e. The molecule has 2 aromatic rings. The zero-order valence-electron chi connectivity index (χ0n) is 12.0. The van der Waals surface area contributed by atoms with Crippen LogP contribution in [0.25, 0.3) is 0 Å². The van der Waals surface area contributed by atoms with Crippen LogP contribution in [0, 0.1) is 5.82 Å². The third-order valence-electron chi connectivity index (χ3n) is 3.30. The van der Waals surface area contributed by atoms with Gasteiger partial charge in [0.2, 0.25) is 0 Å². The lowest BCUT2D eigenvalue weighted by molar-refractivity contribution is 0.602. The number of nitrogens with one attached hydrogen (secondary N) is 1. The molecule has 0 bridgehead atoms. The van der Waals surface area contributed by atoms with Crippen LogP contribution in [0.5, 0.6) is 0 Å². The fourth-order valence-electron chi connectivity index (χ4n) is 2.21. The van der Waals surface area contributed by atoms with Gasteiger partial charge < -0.3 is 5.32 Å². The van der Waals surface area contributed by atoms with Crippen molar-refractivity contribution in [2.75, 3.05) is 11.6 Å². The van der Waals surface area contributed by atoms with Gasteiger partial charge in [0.05, 0.1) is 16.6 Å². The Kier molecular flexibility index (Phi) is 4.63. The van der Waals surface area contributed by atoms with Crippen LogP contribution >= 0.6 is 0 Å². The van der Waals surface area contributed by atoms with Crippen molar-refractivity contribution in [1.82, 2.24) is 0 Å². The van der Waals surface area contributed by atoms with Crippen molar-refractivity contribution in [3.8, 4) is 0 Å². The predicted molar refractivity (Wildman–Crippen MR) is 82.6 cm³/mol. The van der Waals surface area contributed by atoms with Gasteiger partial charge in [-0.15, -0.1) is 0 Å². The standard InChI is InChI=1S/C16H18FNO2S/c1-3-14(12-8-10-13(17)11-9-12)18-15-6-4-5-7-16(15)21(2,19)20/h4-11,14,18H,3H2,1-2H3. The van der Waals surface area contributed by atoms with Crippen molar-refractivity contribution in [2.24, 2.45) is 0 Å². The van der Waals surface area contributed by atoms with Crippen molar-refractivity contribution >= 4 is 15.5 Å². The number of benzene rings is 2. The van der Waals surface area contributed by atoms with E-state index in [1.54, 1.807) is 36.4 Å². The van der Waals surface area contributed by atoms with Gasteiger partial charge in [-0.25, -0.2) is 12.8 Å². The van der Waals surface area contributed by atoms with Crippen LogP contribution in [0.2, 0.25) is 0 Å². The maximum atomic E-state index is 13.0. The lowest BCUT2D eigenvalue weighted by atomic mass is 10.0. The Balaban J connectivity index is 2.34. The SMILES string of the molecule is CCC(Nc1ccccc1S(C)(=O)=O)c1ccc(F)cc1. The van der Waals surface area contributed by atoms with Gasteiger partial charge in [-0.2, -0.15) is 0 Å². The number of anilines is 1. The molecule has 0 aromatic heterocycles. The van der Waals surface area contributed by atoms with E-state index in [4.69, 9.17) is 0 Å². The molecule has 0 aliphatic heterocycles. The van der Waals surface area contributed by atoms with E-state index in [1.165, 1.54) is 18.4 Å². The molecule has 0 fully saturated rings. The summed E-state index contributed by atoms with van der Waals surface area (Å²) >= 11 is 0. The van der Waals surface area contributed by atoms with Crippen LogP contribution in [0.1, 0.15) is 24.9 Å². The maximum absolute atomic E-state index is 13.0. The molecule has 2 rings (SSSR count). The summed E-state index contributed by atoms with van der Waals surface area (Å²) in [5, 5.41) is 3.24. The third-order valence-corrected chi connectivity index (χ3v) is 4.45. The van der Waals surface area contributed by atoms with Gasteiger partial charge in [0.25, 0.3) is 0 Å². The number of para-hydroxylation sites is 1. The predicted octanol–water partition coefficient (Wildman–Crippen LogP) is 3.79. The Morgan fingerprint density at radius 3 is 2.29 bits per heavy atom. The quantitative estimate of drug-likeness (QED) is 0.914. The minimum Gasteiger partial charge on any atom is -0.377 e. The average molecular weight is 307 g/mol. The van der Waals surface area contributed by atoms with Gasteiger partial charge in [0.15, 0.2) is 9.84 Å². The monoisotopic (exact) mass is 307 g/mol. The summed E-state index contributed by atoms with van der Waals surface area (Å²) in [6, 6.07) is 12.9. The molecule has 0 aliphatic rings. The minimum atomic E-state index is -3.30. The highest BCUT2D eigenvalue weighted by Crippen LogP contribution is 2.27. The van der Waals surface area contributed by atoms with Gasteiger partial charge in [-0.3, -0.25) is 0 Å². The second-order valence-electron chi connectivity index (χ2n) is 4.93. The number of hydrogen-bond donors (Lipinski definition) is 1. The van der Waals surface area contributed by atoms with Gasteiger partial charge >= 0.3 is 0 Å². The number of hydrogen-bond acceptors (Lipinski definition) is 3. The fourth-order valence-corrected chi connectivity index (χ4v) is 3.07. The first-order valence-electron chi connectivity index (χ1n) is 6.73. The largest absolute Gasteiger partial charge is 0.377 e. The van der Waals surface area contributed by atoms with Crippen molar-refractivity contribution in [1.29, 1.82) is 0 Å². The number of rotatable bonds is 5. The van der Waals surface area contributed by atoms with E-state index in [0.29, 0.717) is 5.69 Å². The molecule has 1 atom stereocenters. The molecular formula is C16H18FNO2S. The lowest BCUT2D eigenvalue weighted by Gasteiger charge is -2.20. The van der Waals surface area contributed by atoms with E-state index in [2.05, 4.69) is 5.32 Å². The van der Waals surface area contributed by atoms with Gasteiger partial charge in [0.1, 0.15) is 5.82 Å². The minimum absolute atomic E-state index is 0.0755. The third kappa shape index (κ3) is 3.82. The zero-order valence-corrected chi connectivity index (χ0v) is 12.8. The summed E-state index contributed by atoms with van der Waals surface area (Å²) < 4.78 is 36.6. The first-order valence-corrected chi connectivity index (χ1v) is 8.62. The normalized spacial score (nSPS) is 12.9. The van der Waals surface area contributed by atoms with Crippen LogP contribution in [0.4, 0.5) is 10.1 Å². The Hall–Kier alpha value is -1.88. The molecule has 0 saturated heterocycles. The molecular weight excluding hydrogens is 289 g/mol. The molecule has 0 heterocycles. The molecule has 1 N–H and O–H groups in total. The van der Waals surface area contributed by atoms with E-state index in [9.17, 15) is 12.8 Å². The second kappa shape index (κ2) is 6.26. The Labute approximate surface area is 124 Å².